The van der Waals surface area contributed by atoms with Gasteiger partial charge in [0, 0.05) is 44.6 Å². The van der Waals surface area contributed by atoms with E-state index in [0.717, 1.165) is 4.31 Å². The van der Waals surface area contributed by atoms with Gasteiger partial charge in [0.1, 0.15) is 11.3 Å². The summed E-state index contributed by atoms with van der Waals surface area (Å²) in [5.41, 5.74) is 0.435. The minimum absolute atomic E-state index is 0.00910. The van der Waals surface area contributed by atoms with E-state index in [2.05, 4.69) is 4.98 Å². The maximum Gasteiger partial charge on any atom is 0.260 e. The molecule has 188 valence electrons. The summed E-state index contributed by atoms with van der Waals surface area (Å²) in [6, 6.07) is 13.9. The van der Waals surface area contributed by atoms with Crippen LogP contribution < -0.4 is 4.90 Å². The lowest BCUT2D eigenvalue weighted by Gasteiger charge is -2.22. The highest BCUT2D eigenvalue weighted by Crippen LogP contribution is 2.31. The van der Waals surface area contributed by atoms with Crippen LogP contribution in [0, 0.1) is 28.5 Å². The average Bonchev–Trinajstić information content (AvgIpc) is 3.29. The van der Waals surface area contributed by atoms with Gasteiger partial charge in [0.25, 0.3) is 5.91 Å². The van der Waals surface area contributed by atoms with Crippen LogP contribution in [0.4, 0.5) is 9.52 Å². The number of nitriles is 2. The largest absolute Gasteiger partial charge is 0.308 e. The Morgan fingerprint density at radius 1 is 1.00 bits per heavy atom. The van der Waals surface area contributed by atoms with Gasteiger partial charge in [-0.25, -0.2) is 17.8 Å². The summed E-state index contributed by atoms with van der Waals surface area (Å²) in [6.07, 6.45) is -0.0182. The molecule has 0 aliphatic rings. The standard InChI is InChI=1S/C24H25FN6O3S2/c1-29(2)16-17-31(24-28-22-20(25)6-3-7-21(22)35-24)23(32)18-8-10-19(11-9-18)36(33,34)30(14-4-12-26)15-5-13-27/h3,6-11H,4-5,14-17H2,1-2H3. The molecule has 0 saturated heterocycles. The van der Waals surface area contributed by atoms with Crippen molar-refractivity contribution in [2.24, 2.45) is 0 Å². The highest BCUT2D eigenvalue weighted by atomic mass is 32.2. The second-order valence-corrected chi connectivity index (χ2v) is 11.0. The third-order valence-corrected chi connectivity index (χ3v) is 8.25. The molecule has 36 heavy (non-hydrogen) atoms. The molecule has 0 radical (unpaired) electrons. The van der Waals surface area contributed by atoms with Gasteiger partial charge in [-0.2, -0.15) is 14.8 Å². The fraction of sp³-hybridized carbons (Fsp3) is 0.333. The van der Waals surface area contributed by atoms with Gasteiger partial charge in [-0.05, 0) is 50.5 Å². The molecule has 1 heterocycles. The first-order valence-corrected chi connectivity index (χ1v) is 13.3. The summed E-state index contributed by atoms with van der Waals surface area (Å²) in [5.74, 6) is -0.868. The van der Waals surface area contributed by atoms with Crippen molar-refractivity contribution >= 4 is 42.6 Å². The number of thiazole rings is 1. The number of amides is 1. The van der Waals surface area contributed by atoms with E-state index >= 15 is 0 Å². The monoisotopic (exact) mass is 528 g/mol. The minimum atomic E-state index is -3.96. The zero-order valence-electron chi connectivity index (χ0n) is 19.9. The minimum Gasteiger partial charge on any atom is -0.308 e. The van der Waals surface area contributed by atoms with Gasteiger partial charge < -0.3 is 4.90 Å². The molecule has 0 aliphatic carbocycles. The van der Waals surface area contributed by atoms with E-state index in [1.807, 2.05) is 31.1 Å². The summed E-state index contributed by atoms with van der Waals surface area (Å²) in [7, 11) is -0.225. The lowest BCUT2D eigenvalue weighted by molar-refractivity contribution is 0.0985. The Labute approximate surface area is 213 Å². The Morgan fingerprint density at radius 2 is 1.64 bits per heavy atom. The van der Waals surface area contributed by atoms with Gasteiger partial charge in [0.15, 0.2) is 5.13 Å². The van der Waals surface area contributed by atoms with Gasteiger partial charge in [0.2, 0.25) is 10.0 Å². The first-order chi connectivity index (χ1) is 17.2. The van der Waals surface area contributed by atoms with Gasteiger partial charge >= 0.3 is 0 Å². The van der Waals surface area contributed by atoms with E-state index in [0.29, 0.717) is 22.9 Å². The molecule has 0 spiro atoms. The Hall–Kier alpha value is -3.42. The summed E-state index contributed by atoms with van der Waals surface area (Å²) >= 11 is 1.20. The molecule has 2 aromatic carbocycles. The fourth-order valence-electron chi connectivity index (χ4n) is 3.38. The summed E-state index contributed by atoms with van der Waals surface area (Å²) in [6.45, 7) is 0.758. The maximum atomic E-state index is 14.2. The number of nitrogens with zero attached hydrogens (tertiary/aromatic N) is 6. The number of hydrogen-bond acceptors (Lipinski definition) is 8. The maximum absolute atomic E-state index is 14.2. The number of benzene rings is 2. The Bertz CT molecular complexity index is 1390. The molecule has 1 amide bonds. The van der Waals surface area contributed by atoms with Crippen molar-refractivity contribution in [1.82, 2.24) is 14.2 Å². The number of fused-ring (bicyclic) bond motifs is 1. The van der Waals surface area contributed by atoms with Crippen molar-refractivity contribution in [2.45, 2.75) is 17.7 Å². The quantitative estimate of drug-likeness (QED) is 0.374. The molecule has 1 aromatic heterocycles. The van der Waals surface area contributed by atoms with Crippen LogP contribution in [0.25, 0.3) is 10.2 Å². The molecule has 12 heteroatoms. The highest BCUT2D eigenvalue weighted by molar-refractivity contribution is 7.89. The highest BCUT2D eigenvalue weighted by Gasteiger charge is 2.26. The number of halogens is 1. The number of hydrogen-bond donors (Lipinski definition) is 0. The molecule has 0 N–H and O–H groups in total. The summed E-state index contributed by atoms with van der Waals surface area (Å²) in [5, 5.41) is 18.1. The predicted molar refractivity (Wildman–Crippen MR) is 135 cm³/mol. The lowest BCUT2D eigenvalue weighted by Crippen LogP contribution is -2.37. The predicted octanol–water partition coefficient (Wildman–Crippen LogP) is 3.46. The fourth-order valence-corrected chi connectivity index (χ4v) is 5.82. The lowest BCUT2D eigenvalue weighted by atomic mass is 10.2. The van der Waals surface area contributed by atoms with Crippen molar-refractivity contribution in [1.29, 1.82) is 10.5 Å². The normalized spacial score (nSPS) is 11.5. The van der Waals surface area contributed by atoms with E-state index in [9.17, 15) is 17.6 Å². The van der Waals surface area contributed by atoms with Crippen LogP contribution in [-0.4, -0.2) is 68.8 Å². The summed E-state index contributed by atoms with van der Waals surface area (Å²) < 4.78 is 42.0. The molecule has 0 unspecified atom stereocenters. The SMILES string of the molecule is CN(C)CCN(C(=O)c1ccc(S(=O)(=O)N(CCC#N)CCC#N)cc1)c1nc2c(F)cccc2s1. The zero-order valence-corrected chi connectivity index (χ0v) is 21.5. The number of carbonyl (C=O) groups is 1. The number of aromatic nitrogens is 1. The van der Waals surface area contributed by atoms with Crippen molar-refractivity contribution in [3.63, 3.8) is 0 Å². The Morgan fingerprint density at radius 3 is 2.19 bits per heavy atom. The van der Waals surface area contributed by atoms with Crippen LogP contribution in [0.5, 0.6) is 0 Å². The summed E-state index contributed by atoms with van der Waals surface area (Å²) in [4.78, 5) is 21.1. The molecule has 0 atom stereocenters. The topological polar surface area (TPSA) is 121 Å². The van der Waals surface area contributed by atoms with Gasteiger partial charge in [-0.15, -0.1) is 0 Å². The van der Waals surface area contributed by atoms with Gasteiger partial charge in [-0.3, -0.25) is 9.69 Å². The number of sulfonamides is 1. The van der Waals surface area contributed by atoms with Gasteiger partial charge in [-0.1, -0.05) is 17.4 Å². The number of para-hydroxylation sites is 1. The van der Waals surface area contributed by atoms with E-state index in [1.54, 1.807) is 12.1 Å². The van der Waals surface area contributed by atoms with Crippen molar-refractivity contribution in [2.75, 3.05) is 45.2 Å². The van der Waals surface area contributed by atoms with Gasteiger partial charge in [0.05, 0.1) is 21.7 Å². The number of anilines is 1. The molecule has 0 fully saturated rings. The number of carbonyl (C=O) groups excluding carboxylic acids is 1. The molecule has 9 nitrogen and oxygen atoms in total. The Balaban J connectivity index is 1.91. The third-order valence-electron chi connectivity index (χ3n) is 5.29. The van der Waals surface area contributed by atoms with E-state index in [-0.39, 0.29) is 41.9 Å². The van der Waals surface area contributed by atoms with Crippen LogP contribution >= 0.6 is 11.3 Å². The van der Waals surface area contributed by atoms with Crippen LogP contribution in [0.3, 0.4) is 0 Å². The first-order valence-electron chi connectivity index (χ1n) is 11.0. The molecule has 0 saturated carbocycles. The molecule has 3 aromatic rings. The third kappa shape index (κ3) is 6.22. The average molecular weight is 529 g/mol. The molecule has 3 rings (SSSR count). The smallest absolute Gasteiger partial charge is 0.260 e. The second-order valence-electron chi connectivity index (χ2n) is 8.09. The van der Waals surface area contributed by atoms with Crippen LogP contribution in [0.15, 0.2) is 47.4 Å². The van der Waals surface area contributed by atoms with Crippen LogP contribution in [-0.2, 0) is 10.0 Å². The number of rotatable bonds is 11. The molecule has 0 aliphatic heterocycles. The van der Waals surface area contributed by atoms with E-state index in [4.69, 9.17) is 10.5 Å². The first kappa shape index (κ1) is 27.2. The zero-order chi connectivity index (χ0) is 26.3. The Kier molecular flexibility index (Phi) is 9.07. The van der Waals surface area contributed by atoms with Crippen LogP contribution in [0.1, 0.15) is 23.2 Å². The number of likely N-dealkylation sites (N-methyl/N-ethyl adjacent to an activating group) is 1. The second kappa shape index (κ2) is 12.0. The van der Waals surface area contributed by atoms with Crippen LogP contribution in [0.2, 0.25) is 0 Å². The van der Waals surface area contributed by atoms with E-state index in [1.165, 1.54) is 46.6 Å². The van der Waals surface area contributed by atoms with Crippen molar-refractivity contribution in [3.8, 4) is 12.1 Å². The molecular weight excluding hydrogens is 503 g/mol. The molecular formula is C24H25FN6O3S2. The van der Waals surface area contributed by atoms with Crippen molar-refractivity contribution < 1.29 is 17.6 Å². The molecule has 0 bridgehead atoms. The van der Waals surface area contributed by atoms with Crippen molar-refractivity contribution in [3.05, 3.63) is 53.8 Å². The van der Waals surface area contributed by atoms with E-state index < -0.39 is 21.7 Å².